The first-order chi connectivity index (χ1) is 9.65. The fourth-order valence-corrected chi connectivity index (χ4v) is 2.22. The lowest BCUT2D eigenvalue weighted by molar-refractivity contribution is -0.136. The van der Waals surface area contributed by atoms with Crippen molar-refractivity contribution in [2.45, 2.75) is 6.42 Å². The number of nitrogens with zero attached hydrogens (tertiary/aromatic N) is 1. The number of benzene rings is 2. The standard InChI is InChI=1S/C15H12N2O3/c18-14(19)9-10-5-7-11(8-6-10)17-13-4-2-1-3-12(13)15(20)16-17/h1-8H,9H2,(H,16,20)(H,18,19). The average molecular weight is 268 g/mol. The van der Waals surface area contributed by atoms with Crippen molar-refractivity contribution in [2.24, 2.45) is 0 Å². The van der Waals surface area contributed by atoms with Crippen molar-refractivity contribution >= 4 is 16.9 Å². The Balaban J connectivity index is 2.07. The fourth-order valence-electron chi connectivity index (χ4n) is 2.22. The lowest BCUT2D eigenvalue weighted by Gasteiger charge is -2.05. The van der Waals surface area contributed by atoms with Crippen LogP contribution in [0.3, 0.4) is 0 Å². The minimum atomic E-state index is -0.863. The van der Waals surface area contributed by atoms with Crippen molar-refractivity contribution in [3.05, 3.63) is 64.4 Å². The molecule has 0 unspecified atom stereocenters. The number of hydrogen-bond acceptors (Lipinski definition) is 2. The SMILES string of the molecule is O=C(O)Cc1ccc(-n2[nH]c(=O)c3ccccc32)cc1. The van der Waals surface area contributed by atoms with Crippen LogP contribution < -0.4 is 5.56 Å². The van der Waals surface area contributed by atoms with Crippen LogP contribution in [0, 0.1) is 0 Å². The van der Waals surface area contributed by atoms with E-state index in [0.717, 1.165) is 16.8 Å². The van der Waals surface area contributed by atoms with Crippen molar-refractivity contribution in [3.63, 3.8) is 0 Å². The van der Waals surface area contributed by atoms with Crippen molar-refractivity contribution in [3.8, 4) is 5.69 Å². The van der Waals surface area contributed by atoms with Crippen LogP contribution >= 0.6 is 0 Å². The maximum absolute atomic E-state index is 11.8. The number of nitrogens with one attached hydrogen (secondary N) is 1. The van der Waals surface area contributed by atoms with Gasteiger partial charge < -0.3 is 5.11 Å². The van der Waals surface area contributed by atoms with Gasteiger partial charge >= 0.3 is 5.97 Å². The zero-order valence-electron chi connectivity index (χ0n) is 10.5. The number of carboxylic acids is 1. The number of hydrogen-bond donors (Lipinski definition) is 2. The first-order valence-electron chi connectivity index (χ1n) is 6.16. The number of aromatic amines is 1. The Morgan fingerprint density at radius 2 is 1.80 bits per heavy atom. The normalized spacial score (nSPS) is 10.8. The number of aliphatic carboxylic acids is 1. The Morgan fingerprint density at radius 3 is 2.50 bits per heavy atom. The molecular formula is C15H12N2O3. The zero-order chi connectivity index (χ0) is 14.1. The molecule has 0 saturated carbocycles. The first kappa shape index (κ1) is 12.2. The van der Waals surface area contributed by atoms with Gasteiger partial charge in [0.05, 0.1) is 23.0 Å². The van der Waals surface area contributed by atoms with Gasteiger partial charge in [0.1, 0.15) is 0 Å². The van der Waals surface area contributed by atoms with E-state index in [4.69, 9.17) is 5.11 Å². The van der Waals surface area contributed by atoms with Gasteiger partial charge in [0.15, 0.2) is 0 Å². The molecule has 0 amide bonds. The molecule has 20 heavy (non-hydrogen) atoms. The molecule has 3 rings (SSSR count). The third kappa shape index (κ3) is 2.09. The summed E-state index contributed by atoms with van der Waals surface area (Å²) in [7, 11) is 0. The summed E-state index contributed by atoms with van der Waals surface area (Å²) in [6, 6.07) is 14.4. The summed E-state index contributed by atoms with van der Waals surface area (Å²) in [5.74, 6) is -0.863. The highest BCUT2D eigenvalue weighted by Crippen LogP contribution is 2.15. The largest absolute Gasteiger partial charge is 0.481 e. The highest BCUT2D eigenvalue weighted by Gasteiger charge is 2.07. The quantitative estimate of drug-likeness (QED) is 0.762. The Kier molecular flexibility index (Phi) is 2.87. The molecule has 5 heteroatoms. The molecular weight excluding hydrogens is 256 g/mol. The van der Waals surface area contributed by atoms with Gasteiger partial charge in [-0.1, -0.05) is 24.3 Å². The molecule has 0 radical (unpaired) electrons. The van der Waals surface area contributed by atoms with Gasteiger partial charge in [-0.2, -0.15) is 0 Å². The van der Waals surface area contributed by atoms with Crippen LogP contribution in [0.5, 0.6) is 0 Å². The van der Waals surface area contributed by atoms with E-state index in [1.165, 1.54) is 0 Å². The summed E-state index contributed by atoms with van der Waals surface area (Å²) in [6.07, 6.45) is -0.0107. The number of aromatic nitrogens is 2. The van der Waals surface area contributed by atoms with Crippen LogP contribution in [0.1, 0.15) is 5.56 Å². The van der Waals surface area contributed by atoms with Gasteiger partial charge in [-0.3, -0.25) is 19.4 Å². The summed E-state index contributed by atoms with van der Waals surface area (Å²) in [5, 5.41) is 12.1. The summed E-state index contributed by atoms with van der Waals surface area (Å²) in [6.45, 7) is 0. The van der Waals surface area contributed by atoms with E-state index in [1.807, 2.05) is 18.2 Å². The third-order valence-corrected chi connectivity index (χ3v) is 3.15. The summed E-state index contributed by atoms with van der Waals surface area (Å²) < 4.78 is 1.70. The van der Waals surface area contributed by atoms with Crippen molar-refractivity contribution in [1.29, 1.82) is 0 Å². The van der Waals surface area contributed by atoms with Crippen LogP contribution in [0.2, 0.25) is 0 Å². The number of fused-ring (bicyclic) bond motifs is 1. The third-order valence-electron chi connectivity index (χ3n) is 3.15. The molecule has 2 aromatic carbocycles. The second kappa shape index (κ2) is 4.70. The van der Waals surface area contributed by atoms with E-state index in [2.05, 4.69) is 5.10 Å². The van der Waals surface area contributed by atoms with Gasteiger partial charge in [-0.05, 0) is 29.8 Å². The first-order valence-corrected chi connectivity index (χ1v) is 6.16. The van der Waals surface area contributed by atoms with Gasteiger partial charge in [0, 0.05) is 0 Å². The van der Waals surface area contributed by atoms with Crippen molar-refractivity contribution in [2.75, 3.05) is 0 Å². The molecule has 1 aromatic heterocycles. The number of carboxylic acid groups (broad SMARTS) is 1. The molecule has 0 atom stereocenters. The van der Waals surface area contributed by atoms with Crippen LogP contribution in [-0.4, -0.2) is 20.9 Å². The Hall–Kier alpha value is -2.82. The monoisotopic (exact) mass is 268 g/mol. The van der Waals surface area contributed by atoms with E-state index >= 15 is 0 Å². The minimum Gasteiger partial charge on any atom is -0.481 e. The molecule has 0 bridgehead atoms. The average Bonchev–Trinajstić information content (AvgIpc) is 2.77. The predicted molar refractivity (Wildman–Crippen MR) is 75.2 cm³/mol. The summed E-state index contributed by atoms with van der Waals surface area (Å²) in [5.41, 5.74) is 2.16. The zero-order valence-corrected chi connectivity index (χ0v) is 10.5. The van der Waals surface area contributed by atoms with Gasteiger partial charge in [0.25, 0.3) is 5.56 Å². The van der Waals surface area contributed by atoms with Crippen LogP contribution in [0.4, 0.5) is 0 Å². The number of para-hydroxylation sites is 1. The number of H-pyrrole nitrogens is 1. The predicted octanol–water partition coefficient (Wildman–Crippen LogP) is 1.95. The molecule has 2 N–H and O–H groups in total. The molecule has 0 aliphatic heterocycles. The second-order valence-corrected chi connectivity index (χ2v) is 4.53. The molecule has 0 saturated heterocycles. The van der Waals surface area contributed by atoms with E-state index in [0.29, 0.717) is 5.39 Å². The van der Waals surface area contributed by atoms with Gasteiger partial charge in [-0.25, -0.2) is 0 Å². The van der Waals surface area contributed by atoms with E-state index in [1.54, 1.807) is 35.0 Å². The van der Waals surface area contributed by atoms with Crippen LogP contribution in [0.25, 0.3) is 16.6 Å². The van der Waals surface area contributed by atoms with Crippen LogP contribution in [0.15, 0.2) is 53.3 Å². The maximum atomic E-state index is 11.8. The Bertz CT molecular complexity index is 828. The lowest BCUT2D eigenvalue weighted by Crippen LogP contribution is -2.04. The molecule has 5 nitrogen and oxygen atoms in total. The maximum Gasteiger partial charge on any atom is 0.307 e. The smallest absolute Gasteiger partial charge is 0.307 e. The van der Waals surface area contributed by atoms with Crippen molar-refractivity contribution in [1.82, 2.24) is 9.78 Å². The topological polar surface area (TPSA) is 75.1 Å². The van der Waals surface area contributed by atoms with Gasteiger partial charge in [-0.15, -0.1) is 0 Å². The molecule has 3 aromatic rings. The minimum absolute atomic E-state index is 0.0107. The molecule has 0 aliphatic carbocycles. The van der Waals surface area contributed by atoms with E-state index in [9.17, 15) is 9.59 Å². The van der Waals surface area contributed by atoms with Gasteiger partial charge in [0.2, 0.25) is 0 Å². The van der Waals surface area contributed by atoms with E-state index in [-0.39, 0.29) is 12.0 Å². The summed E-state index contributed by atoms with van der Waals surface area (Å²) >= 11 is 0. The molecule has 0 aliphatic rings. The molecule has 0 spiro atoms. The van der Waals surface area contributed by atoms with Crippen LogP contribution in [-0.2, 0) is 11.2 Å². The lowest BCUT2D eigenvalue weighted by atomic mass is 10.1. The van der Waals surface area contributed by atoms with Crippen molar-refractivity contribution < 1.29 is 9.90 Å². The molecule has 1 heterocycles. The molecule has 100 valence electrons. The molecule has 0 fully saturated rings. The highest BCUT2D eigenvalue weighted by molar-refractivity contribution is 5.80. The fraction of sp³-hybridized carbons (Fsp3) is 0.0667. The Labute approximate surface area is 114 Å². The van der Waals surface area contributed by atoms with E-state index < -0.39 is 5.97 Å². The highest BCUT2D eigenvalue weighted by atomic mass is 16.4. The number of rotatable bonds is 3. The summed E-state index contributed by atoms with van der Waals surface area (Å²) in [4.78, 5) is 22.5. The second-order valence-electron chi connectivity index (χ2n) is 4.53. The Morgan fingerprint density at radius 1 is 1.10 bits per heavy atom. The number of carbonyl (C=O) groups is 1.